The predicted molar refractivity (Wildman–Crippen MR) is 132 cm³/mol. The van der Waals surface area contributed by atoms with Gasteiger partial charge < -0.3 is 30.6 Å². The van der Waals surface area contributed by atoms with Crippen LogP contribution in [0.15, 0.2) is 0 Å². The molecule has 6 heteroatoms. The molecular weight excluding hydrogens is 384 g/mol. The molecule has 0 heterocycles. The molecule has 0 aromatic carbocycles. The summed E-state index contributed by atoms with van der Waals surface area (Å²) in [6, 6.07) is 0. The Balaban J connectivity index is -0.0000000576. The Morgan fingerprint density at radius 2 is 0.300 bits per heavy atom. The molecule has 0 fully saturated rings. The summed E-state index contributed by atoms with van der Waals surface area (Å²) in [5.41, 5.74) is 0. The van der Waals surface area contributed by atoms with Gasteiger partial charge in [0.15, 0.2) is 0 Å². The van der Waals surface area contributed by atoms with Gasteiger partial charge in [-0.05, 0) is 35.5 Å². The Kier molecular flexibility index (Phi) is 57.1. The summed E-state index contributed by atoms with van der Waals surface area (Å²) in [5, 5.41) is 48.9. The quantitative estimate of drug-likeness (QED) is 0.370. The third-order valence-electron chi connectivity index (χ3n) is 2.19. The minimum atomic E-state index is 0.306. The molecule has 192 valence electrons. The highest BCUT2D eigenvalue weighted by Crippen LogP contribution is 1.85. The first-order valence-corrected chi connectivity index (χ1v) is 11.3. The summed E-state index contributed by atoms with van der Waals surface area (Å²) >= 11 is 0. The Labute approximate surface area is 189 Å². The molecule has 0 amide bonds. The van der Waals surface area contributed by atoms with Crippen molar-refractivity contribution >= 4 is 0 Å². The van der Waals surface area contributed by atoms with Crippen molar-refractivity contribution in [1.82, 2.24) is 0 Å². The molecule has 0 aliphatic carbocycles. The maximum atomic E-state index is 8.14. The van der Waals surface area contributed by atoms with E-state index in [4.69, 9.17) is 30.6 Å². The van der Waals surface area contributed by atoms with Crippen molar-refractivity contribution in [2.24, 2.45) is 35.5 Å². The average molecular weight is 445 g/mol. The number of aliphatic hydroxyl groups excluding tert-OH is 6. The van der Waals surface area contributed by atoms with Crippen LogP contribution in [0, 0.1) is 35.5 Å². The van der Waals surface area contributed by atoms with Crippen LogP contribution in [0.2, 0.25) is 0 Å². The highest BCUT2D eigenvalue weighted by Gasteiger charge is 1.83. The molecule has 0 aliphatic heterocycles. The molecule has 6 N–H and O–H groups in total. The van der Waals surface area contributed by atoms with Crippen LogP contribution in [-0.4, -0.2) is 70.3 Å². The monoisotopic (exact) mass is 444 g/mol. The summed E-state index contributed by atoms with van der Waals surface area (Å²) in [4.78, 5) is 0. The summed E-state index contributed by atoms with van der Waals surface area (Å²) in [7, 11) is 0. The first kappa shape index (κ1) is 43.6. The lowest BCUT2D eigenvalue weighted by molar-refractivity contribution is 0.248. The molecule has 0 radical (unpaired) electrons. The summed E-state index contributed by atoms with van der Waals surface area (Å²) in [5.74, 6) is 2.64. The van der Waals surface area contributed by atoms with E-state index >= 15 is 0 Å². The molecule has 0 saturated carbocycles. The van der Waals surface area contributed by atoms with Gasteiger partial charge in [-0.25, -0.2) is 0 Å². The summed E-state index contributed by atoms with van der Waals surface area (Å²) < 4.78 is 0. The Bertz CT molecular complexity index is 168. The van der Waals surface area contributed by atoms with Crippen LogP contribution in [-0.2, 0) is 0 Å². The van der Waals surface area contributed by atoms with E-state index in [9.17, 15) is 0 Å². The second-order valence-corrected chi connectivity index (χ2v) is 9.46. The van der Waals surface area contributed by atoms with Crippen LogP contribution >= 0.6 is 0 Å². The van der Waals surface area contributed by atoms with Gasteiger partial charge in [0.1, 0.15) is 0 Å². The molecule has 0 aliphatic rings. The first-order valence-electron chi connectivity index (χ1n) is 11.3. The second-order valence-electron chi connectivity index (χ2n) is 9.46. The van der Waals surface area contributed by atoms with Crippen molar-refractivity contribution in [3.63, 3.8) is 0 Å². The maximum absolute atomic E-state index is 8.14. The summed E-state index contributed by atoms with van der Waals surface area (Å²) in [6.45, 7) is 25.5. The topological polar surface area (TPSA) is 121 Å². The van der Waals surface area contributed by atoms with Gasteiger partial charge in [-0.2, -0.15) is 0 Å². The average Bonchev–Trinajstić information content (AvgIpc) is 2.69. The zero-order chi connectivity index (χ0) is 25.7. The molecule has 0 unspecified atom stereocenters. The van der Waals surface area contributed by atoms with Crippen LogP contribution in [0.4, 0.5) is 0 Å². The van der Waals surface area contributed by atoms with Gasteiger partial charge in [-0.15, -0.1) is 0 Å². The van der Waals surface area contributed by atoms with E-state index in [-0.39, 0.29) is 0 Å². The van der Waals surface area contributed by atoms with Crippen LogP contribution in [0.5, 0.6) is 0 Å². The van der Waals surface area contributed by atoms with Crippen molar-refractivity contribution in [2.75, 3.05) is 39.6 Å². The molecule has 0 rings (SSSR count). The molecule has 0 bridgehead atoms. The van der Waals surface area contributed by atoms with E-state index in [2.05, 4.69) is 0 Å². The van der Waals surface area contributed by atoms with Gasteiger partial charge in [-0.1, -0.05) is 83.1 Å². The van der Waals surface area contributed by atoms with E-state index < -0.39 is 0 Å². The number of hydrogen-bond donors (Lipinski definition) is 6. The fraction of sp³-hybridized carbons (Fsp3) is 1.00. The standard InChI is InChI=1S/6C4H10O/c6*1-4(2)3-5/h6*4-5H,3H2,1-2H3. The van der Waals surface area contributed by atoms with Gasteiger partial charge >= 0.3 is 0 Å². The molecule has 0 aromatic rings. The van der Waals surface area contributed by atoms with Crippen LogP contribution in [0.3, 0.4) is 0 Å². The van der Waals surface area contributed by atoms with Crippen molar-refractivity contribution < 1.29 is 30.6 Å². The minimum Gasteiger partial charge on any atom is -0.396 e. The van der Waals surface area contributed by atoms with Crippen molar-refractivity contribution in [2.45, 2.75) is 83.1 Å². The van der Waals surface area contributed by atoms with E-state index in [1.807, 2.05) is 83.1 Å². The zero-order valence-corrected chi connectivity index (χ0v) is 22.4. The lowest BCUT2D eigenvalue weighted by Gasteiger charge is -1.90. The van der Waals surface area contributed by atoms with E-state index in [1.54, 1.807) is 0 Å². The summed E-state index contributed by atoms with van der Waals surface area (Å²) in [6.07, 6.45) is 0. The normalized spacial score (nSPS) is 9.60. The molecule has 0 saturated heterocycles. The van der Waals surface area contributed by atoms with Gasteiger partial charge in [0.25, 0.3) is 0 Å². The third kappa shape index (κ3) is 144. The minimum absolute atomic E-state index is 0.306. The maximum Gasteiger partial charge on any atom is 0.0453 e. The number of hydrogen-bond acceptors (Lipinski definition) is 6. The van der Waals surface area contributed by atoms with Crippen molar-refractivity contribution in [3.05, 3.63) is 0 Å². The third-order valence-corrected chi connectivity index (χ3v) is 2.19. The number of rotatable bonds is 6. The largest absolute Gasteiger partial charge is 0.396 e. The van der Waals surface area contributed by atoms with E-state index in [0.717, 1.165) is 0 Å². The predicted octanol–water partition coefficient (Wildman–Crippen LogP) is 3.81. The lowest BCUT2D eigenvalue weighted by Crippen LogP contribution is -1.90. The first-order chi connectivity index (χ1) is 13.6. The Morgan fingerprint density at radius 3 is 0.300 bits per heavy atom. The highest BCUT2D eigenvalue weighted by atomic mass is 16.3. The van der Waals surface area contributed by atoms with Gasteiger partial charge in [0, 0.05) is 39.6 Å². The fourth-order valence-electron chi connectivity index (χ4n) is 0. The molecule has 0 atom stereocenters. The molecule has 0 spiro atoms. The molecule has 30 heavy (non-hydrogen) atoms. The zero-order valence-electron chi connectivity index (χ0n) is 22.4. The van der Waals surface area contributed by atoms with E-state index in [1.165, 1.54) is 0 Å². The lowest BCUT2D eigenvalue weighted by atomic mass is 10.2. The van der Waals surface area contributed by atoms with Crippen LogP contribution in [0.25, 0.3) is 0 Å². The Hall–Kier alpha value is -0.240. The Morgan fingerprint density at radius 1 is 0.267 bits per heavy atom. The fourth-order valence-corrected chi connectivity index (χ4v) is 0. The molecular formula is C24H60O6. The highest BCUT2D eigenvalue weighted by molar-refractivity contribution is 4.34. The van der Waals surface area contributed by atoms with E-state index in [0.29, 0.717) is 75.1 Å². The second kappa shape index (κ2) is 39.3. The van der Waals surface area contributed by atoms with Crippen molar-refractivity contribution in [3.8, 4) is 0 Å². The number of aliphatic hydroxyl groups is 6. The van der Waals surface area contributed by atoms with Gasteiger partial charge in [0.2, 0.25) is 0 Å². The van der Waals surface area contributed by atoms with Gasteiger partial charge in [0.05, 0.1) is 0 Å². The molecule has 0 aromatic heterocycles. The smallest absolute Gasteiger partial charge is 0.0453 e. The van der Waals surface area contributed by atoms with Crippen LogP contribution < -0.4 is 0 Å². The molecule has 6 nitrogen and oxygen atoms in total. The van der Waals surface area contributed by atoms with Crippen LogP contribution in [0.1, 0.15) is 83.1 Å². The van der Waals surface area contributed by atoms with Gasteiger partial charge in [-0.3, -0.25) is 0 Å². The van der Waals surface area contributed by atoms with Crippen molar-refractivity contribution in [1.29, 1.82) is 0 Å². The SMILES string of the molecule is CC(C)CO.CC(C)CO.CC(C)CO.CC(C)CO.CC(C)CO.CC(C)CO.